The van der Waals surface area contributed by atoms with Crippen LogP contribution in [-0.4, -0.2) is 37.0 Å². The van der Waals surface area contributed by atoms with Crippen LogP contribution < -0.4 is 5.32 Å². The Balaban J connectivity index is 1.76. The molecule has 2 aromatic rings. The van der Waals surface area contributed by atoms with E-state index < -0.39 is 0 Å². The van der Waals surface area contributed by atoms with E-state index in [9.17, 15) is 4.79 Å². The predicted octanol–water partition coefficient (Wildman–Crippen LogP) is 3.10. The quantitative estimate of drug-likeness (QED) is 0.941. The minimum Gasteiger partial charge on any atom is -0.339 e. The molecule has 1 saturated heterocycles. The number of nitrogens with zero attached hydrogens (tertiary/aromatic N) is 1. The van der Waals surface area contributed by atoms with Gasteiger partial charge in [0.05, 0.1) is 0 Å². The van der Waals surface area contributed by atoms with Crippen molar-refractivity contribution in [2.45, 2.75) is 25.3 Å². The maximum Gasteiger partial charge on any atom is 0.254 e. The number of likely N-dealkylation sites (tertiary alicyclic amines) is 1. The van der Waals surface area contributed by atoms with Crippen LogP contribution in [0, 0.1) is 0 Å². The summed E-state index contributed by atoms with van der Waals surface area (Å²) in [5.74, 6) is 0.172. The largest absolute Gasteiger partial charge is 0.339 e. The Hall–Kier alpha value is -2.13. The van der Waals surface area contributed by atoms with Gasteiger partial charge in [-0.25, -0.2) is 0 Å². The van der Waals surface area contributed by atoms with Crippen molar-refractivity contribution in [3.8, 4) is 0 Å². The van der Waals surface area contributed by atoms with Gasteiger partial charge in [0.2, 0.25) is 0 Å². The zero-order chi connectivity index (χ0) is 16.1. The molecular weight excluding hydrogens is 284 g/mol. The zero-order valence-corrected chi connectivity index (χ0v) is 13.7. The highest BCUT2D eigenvalue weighted by atomic mass is 16.2. The average molecular weight is 308 g/mol. The van der Waals surface area contributed by atoms with Gasteiger partial charge < -0.3 is 10.2 Å². The maximum atomic E-state index is 12.9. The second kappa shape index (κ2) is 7.42. The molecule has 2 aromatic carbocycles. The minimum absolute atomic E-state index is 0.172. The molecule has 23 heavy (non-hydrogen) atoms. The predicted molar refractivity (Wildman–Crippen MR) is 93.7 cm³/mol. The van der Waals surface area contributed by atoms with E-state index in [1.165, 1.54) is 5.56 Å². The lowest BCUT2D eigenvalue weighted by atomic mass is 9.97. The van der Waals surface area contributed by atoms with E-state index in [1.54, 1.807) is 0 Å². The lowest BCUT2D eigenvalue weighted by Gasteiger charge is -2.32. The molecule has 0 unspecified atom stereocenters. The lowest BCUT2D eigenvalue weighted by molar-refractivity contribution is 0.0706. The zero-order valence-electron chi connectivity index (χ0n) is 13.7. The standard InChI is InChI=1S/C20H24N2O/c1-21-18-11-13-22(14-12-18)20(23)19-10-6-5-9-17(19)15-16-7-3-2-4-8-16/h2-10,18,21H,11-15H2,1H3. The first-order chi connectivity index (χ1) is 11.3. The molecule has 0 aromatic heterocycles. The number of carbonyl (C=O) groups excluding carboxylic acids is 1. The molecule has 120 valence electrons. The summed E-state index contributed by atoms with van der Waals surface area (Å²) in [5.41, 5.74) is 3.19. The van der Waals surface area contributed by atoms with Gasteiger partial charge in [0.1, 0.15) is 0 Å². The third-order valence-corrected chi connectivity index (χ3v) is 4.68. The van der Waals surface area contributed by atoms with Gasteiger partial charge >= 0.3 is 0 Å². The van der Waals surface area contributed by atoms with Crippen molar-refractivity contribution >= 4 is 5.91 Å². The highest BCUT2D eigenvalue weighted by Crippen LogP contribution is 2.19. The van der Waals surface area contributed by atoms with E-state index in [0.29, 0.717) is 6.04 Å². The molecule has 3 heteroatoms. The molecule has 1 heterocycles. The van der Waals surface area contributed by atoms with E-state index >= 15 is 0 Å². The van der Waals surface area contributed by atoms with E-state index in [1.807, 2.05) is 48.3 Å². The molecule has 0 bridgehead atoms. The van der Waals surface area contributed by atoms with Gasteiger partial charge in [-0.3, -0.25) is 4.79 Å². The fourth-order valence-corrected chi connectivity index (χ4v) is 3.24. The first-order valence-electron chi connectivity index (χ1n) is 8.36. The SMILES string of the molecule is CNC1CCN(C(=O)c2ccccc2Cc2ccccc2)CC1. The highest BCUT2D eigenvalue weighted by Gasteiger charge is 2.24. The third-order valence-electron chi connectivity index (χ3n) is 4.68. The molecule has 1 aliphatic rings. The number of piperidine rings is 1. The molecular formula is C20H24N2O. The van der Waals surface area contributed by atoms with Crippen molar-refractivity contribution in [3.05, 3.63) is 71.3 Å². The molecule has 1 N–H and O–H groups in total. The van der Waals surface area contributed by atoms with Crippen molar-refractivity contribution in [2.75, 3.05) is 20.1 Å². The Kier molecular flexibility index (Phi) is 5.09. The summed E-state index contributed by atoms with van der Waals surface area (Å²) in [6, 6.07) is 18.9. The number of rotatable bonds is 4. The Labute approximate surface area is 138 Å². The minimum atomic E-state index is 0.172. The van der Waals surface area contributed by atoms with Gasteiger partial charge in [0.15, 0.2) is 0 Å². The Morgan fingerprint density at radius 1 is 1.04 bits per heavy atom. The van der Waals surface area contributed by atoms with E-state index in [-0.39, 0.29) is 5.91 Å². The Morgan fingerprint density at radius 3 is 2.39 bits per heavy atom. The summed E-state index contributed by atoms with van der Waals surface area (Å²) in [5, 5.41) is 3.31. The van der Waals surface area contributed by atoms with Gasteiger partial charge in [0.25, 0.3) is 5.91 Å². The van der Waals surface area contributed by atoms with Crippen molar-refractivity contribution in [1.29, 1.82) is 0 Å². The summed E-state index contributed by atoms with van der Waals surface area (Å²) in [6.07, 6.45) is 2.86. The number of hydrogen-bond donors (Lipinski definition) is 1. The van der Waals surface area contributed by atoms with Crippen LogP contribution in [0.1, 0.15) is 34.3 Å². The van der Waals surface area contributed by atoms with Gasteiger partial charge in [-0.05, 0) is 43.5 Å². The molecule has 1 amide bonds. The topological polar surface area (TPSA) is 32.3 Å². The van der Waals surface area contributed by atoms with Crippen LogP contribution in [0.4, 0.5) is 0 Å². The fraction of sp³-hybridized carbons (Fsp3) is 0.350. The second-order valence-electron chi connectivity index (χ2n) is 6.17. The molecule has 0 spiro atoms. The van der Waals surface area contributed by atoms with Gasteiger partial charge in [0, 0.05) is 24.7 Å². The first kappa shape index (κ1) is 15.8. The number of nitrogens with one attached hydrogen (secondary N) is 1. The molecule has 0 saturated carbocycles. The Bertz CT molecular complexity index is 646. The molecule has 0 atom stereocenters. The summed E-state index contributed by atoms with van der Waals surface area (Å²) in [7, 11) is 2.00. The lowest BCUT2D eigenvalue weighted by Crippen LogP contribution is -2.44. The normalized spacial score (nSPS) is 15.6. The smallest absolute Gasteiger partial charge is 0.254 e. The van der Waals surface area contributed by atoms with Crippen molar-refractivity contribution in [3.63, 3.8) is 0 Å². The van der Waals surface area contributed by atoms with Crippen molar-refractivity contribution in [1.82, 2.24) is 10.2 Å². The molecule has 1 aliphatic heterocycles. The summed E-state index contributed by atoms with van der Waals surface area (Å²) < 4.78 is 0. The van der Waals surface area contributed by atoms with Crippen LogP contribution in [0.5, 0.6) is 0 Å². The van der Waals surface area contributed by atoms with E-state index in [4.69, 9.17) is 0 Å². The third kappa shape index (κ3) is 3.80. The molecule has 1 fully saturated rings. The van der Waals surface area contributed by atoms with Crippen LogP contribution >= 0.6 is 0 Å². The number of benzene rings is 2. The highest BCUT2D eigenvalue weighted by molar-refractivity contribution is 5.95. The summed E-state index contributed by atoms with van der Waals surface area (Å²) in [6.45, 7) is 1.67. The van der Waals surface area contributed by atoms with E-state index in [2.05, 4.69) is 23.5 Å². The van der Waals surface area contributed by atoms with Crippen LogP contribution in [0.2, 0.25) is 0 Å². The number of hydrogen-bond acceptors (Lipinski definition) is 2. The van der Waals surface area contributed by atoms with Crippen LogP contribution in [-0.2, 0) is 6.42 Å². The summed E-state index contributed by atoms with van der Waals surface area (Å²) >= 11 is 0. The Morgan fingerprint density at radius 2 is 1.70 bits per heavy atom. The van der Waals surface area contributed by atoms with Crippen LogP contribution in [0.3, 0.4) is 0 Å². The number of carbonyl (C=O) groups is 1. The van der Waals surface area contributed by atoms with Crippen LogP contribution in [0.15, 0.2) is 54.6 Å². The second-order valence-corrected chi connectivity index (χ2v) is 6.17. The molecule has 3 nitrogen and oxygen atoms in total. The maximum absolute atomic E-state index is 12.9. The monoisotopic (exact) mass is 308 g/mol. The fourth-order valence-electron chi connectivity index (χ4n) is 3.24. The van der Waals surface area contributed by atoms with Gasteiger partial charge in [-0.2, -0.15) is 0 Å². The van der Waals surface area contributed by atoms with Crippen molar-refractivity contribution < 1.29 is 4.79 Å². The molecule has 0 aliphatic carbocycles. The van der Waals surface area contributed by atoms with Gasteiger partial charge in [-0.15, -0.1) is 0 Å². The first-order valence-corrected chi connectivity index (χ1v) is 8.36. The van der Waals surface area contributed by atoms with E-state index in [0.717, 1.165) is 43.5 Å². The van der Waals surface area contributed by atoms with Crippen LogP contribution in [0.25, 0.3) is 0 Å². The van der Waals surface area contributed by atoms with Gasteiger partial charge in [-0.1, -0.05) is 48.5 Å². The molecule has 0 radical (unpaired) electrons. The average Bonchev–Trinajstić information content (AvgIpc) is 2.62. The van der Waals surface area contributed by atoms with Crippen molar-refractivity contribution in [2.24, 2.45) is 0 Å². The molecule has 3 rings (SSSR count). The summed E-state index contributed by atoms with van der Waals surface area (Å²) in [4.78, 5) is 14.9. The number of amides is 1.